The molecule has 0 saturated heterocycles. The van der Waals surface area contributed by atoms with Crippen LogP contribution in [0.4, 0.5) is 5.69 Å². The monoisotopic (exact) mass is 479 g/mol. The lowest BCUT2D eigenvalue weighted by Gasteiger charge is -2.30. The van der Waals surface area contributed by atoms with E-state index >= 15 is 0 Å². The van der Waals surface area contributed by atoms with E-state index in [0.29, 0.717) is 11.4 Å². The van der Waals surface area contributed by atoms with Gasteiger partial charge in [0.25, 0.3) is 11.6 Å². The molecule has 0 saturated carbocycles. The number of methoxy groups -OCH3 is 1. The van der Waals surface area contributed by atoms with Crippen LogP contribution in [0.25, 0.3) is 5.69 Å². The number of likely N-dealkylation sites (N-methyl/N-ethyl adjacent to an activating group) is 1. The van der Waals surface area contributed by atoms with Crippen LogP contribution in [0, 0.1) is 17.0 Å². The van der Waals surface area contributed by atoms with Crippen molar-refractivity contribution in [1.82, 2.24) is 20.0 Å². The van der Waals surface area contributed by atoms with E-state index in [1.54, 1.807) is 26.2 Å². The predicted molar refractivity (Wildman–Crippen MR) is 132 cm³/mol. The Kier molecular flexibility index (Phi) is 8.32. The van der Waals surface area contributed by atoms with E-state index in [0.717, 1.165) is 18.7 Å². The molecule has 0 aliphatic rings. The smallest absolute Gasteiger partial charge is 0.294 e. The zero-order valence-electron chi connectivity index (χ0n) is 20.2. The third kappa shape index (κ3) is 5.72. The predicted octanol–water partition coefficient (Wildman–Crippen LogP) is 3.27. The zero-order valence-corrected chi connectivity index (χ0v) is 20.2. The molecule has 2 aromatic carbocycles. The summed E-state index contributed by atoms with van der Waals surface area (Å²) in [6, 6.07) is 14.7. The van der Waals surface area contributed by atoms with Gasteiger partial charge < -0.3 is 10.1 Å². The maximum absolute atomic E-state index is 13.1. The average molecular weight is 480 g/mol. The van der Waals surface area contributed by atoms with Gasteiger partial charge in [-0.15, -0.1) is 0 Å². The summed E-state index contributed by atoms with van der Waals surface area (Å²) in [7, 11) is 1.60. The fourth-order valence-corrected chi connectivity index (χ4v) is 3.99. The molecule has 1 aromatic heterocycles. The number of para-hydroxylation sites is 2. The Morgan fingerprint density at radius 3 is 2.54 bits per heavy atom. The van der Waals surface area contributed by atoms with Crippen molar-refractivity contribution in [1.29, 1.82) is 0 Å². The van der Waals surface area contributed by atoms with E-state index < -0.39 is 16.3 Å². The van der Waals surface area contributed by atoms with Crippen molar-refractivity contribution in [2.24, 2.45) is 0 Å². The first kappa shape index (κ1) is 25.6. The molecule has 1 amide bonds. The molecule has 0 radical (unpaired) electrons. The van der Waals surface area contributed by atoms with Gasteiger partial charge >= 0.3 is 0 Å². The van der Waals surface area contributed by atoms with Crippen LogP contribution in [0.2, 0.25) is 0 Å². The molecular formula is C25H29N5O5. The molecule has 0 aliphatic heterocycles. The van der Waals surface area contributed by atoms with Crippen molar-refractivity contribution in [2.75, 3.05) is 26.7 Å². The number of aryl methyl sites for hydroxylation is 1. The summed E-state index contributed by atoms with van der Waals surface area (Å²) >= 11 is 0. The van der Waals surface area contributed by atoms with Crippen LogP contribution < -0.4 is 15.5 Å². The minimum atomic E-state index is -0.651. The van der Waals surface area contributed by atoms with E-state index in [1.165, 1.54) is 22.9 Å². The number of hydrogen-bond acceptors (Lipinski definition) is 7. The Morgan fingerprint density at radius 1 is 1.17 bits per heavy atom. The molecule has 0 bridgehead atoms. The minimum Gasteiger partial charge on any atom is -0.497 e. The molecule has 184 valence electrons. The first-order valence-electron chi connectivity index (χ1n) is 11.3. The second kappa shape index (κ2) is 11.4. The van der Waals surface area contributed by atoms with Gasteiger partial charge in [0.15, 0.2) is 5.69 Å². The first-order valence-corrected chi connectivity index (χ1v) is 11.3. The third-order valence-electron chi connectivity index (χ3n) is 5.82. The molecule has 10 nitrogen and oxygen atoms in total. The maximum Gasteiger partial charge on any atom is 0.294 e. The van der Waals surface area contributed by atoms with Crippen molar-refractivity contribution in [3.8, 4) is 11.4 Å². The van der Waals surface area contributed by atoms with Gasteiger partial charge in [0.1, 0.15) is 11.4 Å². The normalized spacial score (nSPS) is 11.8. The number of nitro benzene ring substituents is 1. The second-order valence-electron chi connectivity index (χ2n) is 7.88. The number of nitrogens with zero attached hydrogens (tertiary/aromatic N) is 4. The van der Waals surface area contributed by atoms with E-state index in [9.17, 15) is 19.7 Å². The van der Waals surface area contributed by atoms with Gasteiger partial charge in [0.2, 0.25) is 5.43 Å². The Bertz CT molecular complexity index is 1270. The van der Waals surface area contributed by atoms with Crippen LogP contribution in [0.3, 0.4) is 0 Å². The topological polar surface area (TPSA) is 120 Å². The number of amides is 1. The van der Waals surface area contributed by atoms with Crippen molar-refractivity contribution in [3.63, 3.8) is 0 Å². The third-order valence-corrected chi connectivity index (χ3v) is 5.82. The Balaban J connectivity index is 1.93. The van der Waals surface area contributed by atoms with E-state index in [2.05, 4.69) is 15.3 Å². The highest BCUT2D eigenvalue weighted by Gasteiger charge is 2.23. The lowest BCUT2D eigenvalue weighted by molar-refractivity contribution is -0.384. The summed E-state index contributed by atoms with van der Waals surface area (Å²) < 4.78 is 6.60. The largest absolute Gasteiger partial charge is 0.497 e. The van der Waals surface area contributed by atoms with E-state index in [-0.39, 0.29) is 29.7 Å². The first-order chi connectivity index (χ1) is 16.8. The summed E-state index contributed by atoms with van der Waals surface area (Å²) in [6.45, 7) is 7.40. The lowest BCUT2D eigenvalue weighted by Crippen LogP contribution is -2.40. The molecule has 10 heteroatoms. The molecule has 35 heavy (non-hydrogen) atoms. The second-order valence-corrected chi connectivity index (χ2v) is 7.88. The molecule has 3 aromatic rings. The molecule has 1 atom stereocenters. The van der Waals surface area contributed by atoms with Gasteiger partial charge in [-0.25, -0.2) is 4.68 Å². The van der Waals surface area contributed by atoms with Gasteiger partial charge in [-0.3, -0.25) is 24.6 Å². The summed E-state index contributed by atoms with van der Waals surface area (Å²) in [6.07, 6.45) is 0. The van der Waals surface area contributed by atoms with Crippen LogP contribution in [0.1, 0.15) is 41.6 Å². The molecule has 3 rings (SSSR count). The van der Waals surface area contributed by atoms with Gasteiger partial charge in [-0.1, -0.05) is 38.1 Å². The summed E-state index contributed by atoms with van der Waals surface area (Å²) in [5.41, 5.74) is 0.424. The average Bonchev–Trinajstić information content (AvgIpc) is 2.86. The molecule has 0 fully saturated rings. The van der Waals surface area contributed by atoms with Crippen LogP contribution in [-0.4, -0.2) is 52.3 Å². The number of ether oxygens (including phenoxy) is 1. The molecule has 1 heterocycles. The highest BCUT2D eigenvalue weighted by Crippen LogP contribution is 2.24. The van der Waals surface area contributed by atoms with Crippen molar-refractivity contribution in [3.05, 3.63) is 91.9 Å². The van der Waals surface area contributed by atoms with Crippen LogP contribution >= 0.6 is 0 Å². The number of hydrogen-bond donors (Lipinski definition) is 1. The maximum atomic E-state index is 13.1. The number of nitrogens with one attached hydrogen (secondary N) is 1. The molecular weight excluding hydrogens is 450 g/mol. The zero-order chi connectivity index (χ0) is 25.5. The number of carbonyl (C=O) groups excluding carboxylic acids is 1. The Labute approximate surface area is 203 Å². The van der Waals surface area contributed by atoms with Gasteiger partial charge in [0.05, 0.1) is 18.1 Å². The highest BCUT2D eigenvalue weighted by molar-refractivity contribution is 5.92. The number of aromatic nitrogens is 2. The van der Waals surface area contributed by atoms with Crippen LogP contribution in [0.15, 0.2) is 59.4 Å². The van der Waals surface area contributed by atoms with Gasteiger partial charge in [-0.2, -0.15) is 5.10 Å². The lowest BCUT2D eigenvalue weighted by atomic mass is 10.0. The molecule has 1 unspecified atom stereocenters. The van der Waals surface area contributed by atoms with Gasteiger partial charge in [0, 0.05) is 24.4 Å². The molecule has 0 aliphatic carbocycles. The van der Waals surface area contributed by atoms with Crippen LogP contribution in [0.5, 0.6) is 5.75 Å². The SMILES string of the molecule is CCN(CC)C(CNC(=O)c1nn(-c2ccccc2[N+](=O)[O-])c(C)cc1=O)c1cccc(OC)c1. The fourth-order valence-electron chi connectivity index (χ4n) is 3.99. The summed E-state index contributed by atoms with van der Waals surface area (Å²) in [4.78, 5) is 38.8. The Hall–Kier alpha value is -4.05. The Morgan fingerprint density at radius 2 is 1.89 bits per heavy atom. The van der Waals surface area contributed by atoms with Gasteiger partial charge in [-0.05, 0) is 43.8 Å². The van der Waals surface area contributed by atoms with Crippen molar-refractivity contribution < 1.29 is 14.5 Å². The summed E-state index contributed by atoms with van der Waals surface area (Å²) in [5.74, 6) is 0.0564. The number of rotatable bonds is 10. The highest BCUT2D eigenvalue weighted by atomic mass is 16.6. The van der Waals surface area contributed by atoms with Crippen molar-refractivity contribution >= 4 is 11.6 Å². The van der Waals surface area contributed by atoms with E-state index in [1.807, 2.05) is 38.1 Å². The number of carbonyl (C=O) groups is 1. The molecule has 1 N–H and O–H groups in total. The minimum absolute atomic E-state index is 0.160. The summed E-state index contributed by atoms with van der Waals surface area (Å²) in [5, 5.41) is 18.5. The van der Waals surface area contributed by atoms with E-state index in [4.69, 9.17) is 4.74 Å². The van der Waals surface area contributed by atoms with Crippen LogP contribution in [-0.2, 0) is 0 Å². The van der Waals surface area contributed by atoms with Crippen molar-refractivity contribution in [2.45, 2.75) is 26.8 Å². The standard InChI is InChI=1S/C25H29N5O5/c1-5-28(6-2)22(18-10-9-11-19(15-18)35-4)16-26-25(32)24-23(31)14-17(3)29(27-24)20-12-7-8-13-21(20)30(33)34/h7-15,22H,5-6,16H2,1-4H3,(H,26,32). The fraction of sp³-hybridized carbons (Fsp3) is 0.320. The number of benzene rings is 2. The quantitative estimate of drug-likeness (QED) is 0.350. The molecule has 0 spiro atoms. The number of nitro groups is 1.